The number of rotatable bonds is 3. The minimum absolute atomic E-state index is 0.381. The molecule has 0 bridgehead atoms. The summed E-state index contributed by atoms with van der Waals surface area (Å²) in [5, 5.41) is 10.2. The van der Waals surface area contributed by atoms with Crippen LogP contribution in [0.2, 0.25) is 0 Å². The zero-order chi connectivity index (χ0) is 11.4. The van der Waals surface area contributed by atoms with Gasteiger partial charge in [-0.1, -0.05) is 0 Å². The molecule has 0 N–H and O–H groups in total. The number of amides is 1. The topological polar surface area (TPSA) is 89.8 Å². The summed E-state index contributed by atoms with van der Waals surface area (Å²) < 4.78 is 4.52. The molecule has 84 valence electrons. The van der Waals surface area contributed by atoms with Crippen molar-refractivity contribution < 1.29 is 19.2 Å². The molecule has 0 aromatic rings. The summed E-state index contributed by atoms with van der Waals surface area (Å²) >= 11 is 0. The number of nitro groups is 1. The van der Waals surface area contributed by atoms with Crippen LogP contribution in [-0.2, 0) is 14.3 Å². The van der Waals surface area contributed by atoms with E-state index in [1.807, 2.05) is 0 Å². The van der Waals surface area contributed by atoms with Crippen molar-refractivity contribution in [3.8, 4) is 0 Å². The third-order valence-corrected chi connectivity index (χ3v) is 2.31. The van der Waals surface area contributed by atoms with Crippen LogP contribution in [0.4, 0.5) is 0 Å². The van der Waals surface area contributed by atoms with Crippen molar-refractivity contribution in [1.82, 2.24) is 4.90 Å². The Balaban J connectivity index is 2.63. The minimum atomic E-state index is -0.770. The molecule has 0 unspecified atom stereocenters. The van der Waals surface area contributed by atoms with E-state index in [9.17, 15) is 19.7 Å². The highest BCUT2D eigenvalue weighted by Gasteiger charge is 2.36. The molecule has 1 fully saturated rings. The third-order valence-electron chi connectivity index (χ3n) is 2.31. The quantitative estimate of drug-likeness (QED) is 0.358. The summed E-state index contributed by atoms with van der Waals surface area (Å²) in [6, 6.07) is -0.651. The SMILES string of the molecule is COC(=O)[C@@H]1CCCN1C(=O)C[N+](=O)[O-]. The lowest BCUT2D eigenvalue weighted by Gasteiger charge is -2.20. The van der Waals surface area contributed by atoms with E-state index >= 15 is 0 Å². The Hall–Kier alpha value is -1.66. The maximum atomic E-state index is 11.4. The number of carbonyl (C=O) groups excluding carboxylic acids is 2. The number of likely N-dealkylation sites (tertiary alicyclic amines) is 1. The molecule has 0 radical (unpaired) electrons. The summed E-state index contributed by atoms with van der Waals surface area (Å²) in [5.41, 5.74) is 0. The van der Waals surface area contributed by atoms with Crippen LogP contribution < -0.4 is 0 Å². The van der Waals surface area contributed by atoms with Crippen LogP contribution in [0.3, 0.4) is 0 Å². The summed E-state index contributed by atoms with van der Waals surface area (Å²) in [6.07, 6.45) is 1.18. The molecular formula is C8H12N2O5. The van der Waals surface area contributed by atoms with Crippen molar-refractivity contribution in [2.24, 2.45) is 0 Å². The molecule has 1 atom stereocenters. The van der Waals surface area contributed by atoms with Crippen LogP contribution in [-0.4, -0.2) is 47.9 Å². The Morgan fingerprint density at radius 3 is 2.80 bits per heavy atom. The molecule has 1 aliphatic rings. The highest BCUT2D eigenvalue weighted by molar-refractivity contribution is 5.85. The minimum Gasteiger partial charge on any atom is -0.467 e. The summed E-state index contributed by atoms with van der Waals surface area (Å²) in [6.45, 7) is -0.389. The first-order valence-corrected chi connectivity index (χ1v) is 4.55. The van der Waals surface area contributed by atoms with E-state index in [0.717, 1.165) is 0 Å². The largest absolute Gasteiger partial charge is 0.467 e. The van der Waals surface area contributed by atoms with Gasteiger partial charge in [-0.25, -0.2) is 4.79 Å². The fourth-order valence-electron chi connectivity index (χ4n) is 1.65. The predicted molar refractivity (Wildman–Crippen MR) is 48.6 cm³/mol. The second-order valence-corrected chi connectivity index (χ2v) is 3.26. The molecule has 15 heavy (non-hydrogen) atoms. The number of esters is 1. The Morgan fingerprint density at radius 2 is 2.27 bits per heavy atom. The Bertz CT molecular complexity index is 291. The van der Waals surface area contributed by atoms with Crippen LogP contribution >= 0.6 is 0 Å². The number of hydrogen-bond donors (Lipinski definition) is 0. The van der Waals surface area contributed by atoms with E-state index in [1.54, 1.807) is 0 Å². The van der Waals surface area contributed by atoms with Gasteiger partial charge in [0.15, 0.2) is 0 Å². The van der Waals surface area contributed by atoms with Gasteiger partial charge in [0, 0.05) is 11.5 Å². The van der Waals surface area contributed by atoms with Gasteiger partial charge in [-0.05, 0) is 12.8 Å². The summed E-state index contributed by atoms with van der Waals surface area (Å²) in [5.74, 6) is -1.14. The third kappa shape index (κ3) is 2.64. The molecule has 7 nitrogen and oxygen atoms in total. The van der Waals surface area contributed by atoms with Gasteiger partial charge in [-0.2, -0.15) is 0 Å². The highest BCUT2D eigenvalue weighted by Crippen LogP contribution is 2.18. The molecule has 0 aliphatic carbocycles. The molecular weight excluding hydrogens is 204 g/mol. The van der Waals surface area contributed by atoms with Crippen LogP contribution in [0.15, 0.2) is 0 Å². The molecule has 1 heterocycles. The van der Waals surface area contributed by atoms with E-state index in [2.05, 4.69) is 4.74 Å². The van der Waals surface area contributed by atoms with Crippen LogP contribution in [0.25, 0.3) is 0 Å². The van der Waals surface area contributed by atoms with Gasteiger partial charge in [0.1, 0.15) is 6.04 Å². The van der Waals surface area contributed by atoms with Crippen LogP contribution in [0, 0.1) is 10.1 Å². The molecule has 0 saturated carbocycles. The molecule has 0 aromatic heterocycles. The Kier molecular flexibility index (Phi) is 3.59. The zero-order valence-electron chi connectivity index (χ0n) is 8.34. The van der Waals surface area contributed by atoms with Gasteiger partial charge in [-0.3, -0.25) is 14.9 Å². The molecule has 0 aromatic carbocycles. The van der Waals surface area contributed by atoms with Crippen molar-refractivity contribution >= 4 is 11.9 Å². The van der Waals surface area contributed by atoms with E-state index in [0.29, 0.717) is 19.4 Å². The first kappa shape index (κ1) is 11.4. The van der Waals surface area contributed by atoms with Gasteiger partial charge in [0.25, 0.3) is 12.5 Å². The smallest absolute Gasteiger partial charge is 0.328 e. The predicted octanol–water partition coefficient (Wildman–Crippen LogP) is -0.573. The molecule has 1 amide bonds. The van der Waals surface area contributed by atoms with Crippen molar-refractivity contribution in [1.29, 1.82) is 0 Å². The standard InChI is InChI=1S/C8H12N2O5/c1-15-8(12)6-3-2-4-9(6)7(11)5-10(13)14/h6H,2-5H2,1H3/t6-/m0/s1. The van der Waals surface area contributed by atoms with Crippen LogP contribution in [0.5, 0.6) is 0 Å². The van der Waals surface area contributed by atoms with Crippen LogP contribution in [0.1, 0.15) is 12.8 Å². The van der Waals surface area contributed by atoms with E-state index in [-0.39, 0.29) is 0 Å². The molecule has 7 heteroatoms. The van der Waals surface area contributed by atoms with Crippen molar-refractivity contribution in [3.63, 3.8) is 0 Å². The fourth-order valence-corrected chi connectivity index (χ4v) is 1.65. The number of carbonyl (C=O) groups is 2. The average Bonchev–Trinajstić information content (AvgIpc) is 2.63. The lowest BCUT2D eigenvalue weighted by Crippen LogP contribution is -2.43. The zero-order valence-corrected chi connectivity index (χ0v) is 8.34. The number of nitrogens with zero attached hydrogens (tertiary/aromatic N) is 2. The first-order valence-electron chi connectivity index (χ1n) is 4.55. The van der Waals surface area contributed by atoms with E-state index in [1.165, 1.54) is 12.0 Å². The molecule has 0 spiro atoms. The monoisotopic (exact) mass is 216 g/mol. The van der Waals surface area contributed by atoms with Gasteiger partial charge in [0.05, 0.1) is 7.11 Å². The second-order valence-electron chi connectivity index (χ2n) is 3.26. The van der Waals surface area contributed by atoms with Gasteiger partial charge in [-0.15, -0.1) is 0 Å². The maximum Gasteiger partial charge on any atom is 0.328 e. The molecule has 1 aliphatic heterocycles. The highest BCUT2D eigenvalue weighted by atomic mass is 16.6. The van der Waals surface area contributed by atoms with Crippen molar-refractivity contribution in [2.45, 2.75) is 18.9 Å². The van der Waals surface area contributed by atoms with Crippen molar-refractivity contribution in [2.75, 3.05) is 20.2 Å². The average molecular weight is 216 g/mol. The second kappa shape index (κ2) is 4.72. The summed E-state index contributed by atoms with van der Waals surface area (Å²) in [4.78, 5) is 33.3. The van der Waals surface area contributed by atoms with E-state index in [4.69, 9.17) is 0 Å². The normalized spacial score (nSPS) is 20.1. The van der Waals surface area contributed by atoms with E-state index < -0.39 is 29.4 Å². The van der Waals surface area contributed by atoms with Gasteiger partial charge < -0.3 is 9.64 Å². The van der Waals surface area contributed by atoms with Gasteiger partial charge >= 0.3 is 5.97 Å². The maximum absolute atomic E-state index is 11.4. The number of hydrogen-bond acceptors (Lipinski definition) is 5. The lowest BCUT2D eigenvalue weighted by atomic mass is 10.2. The lowest BCUT2D eigenvalue weighted by molar-refractivity contribution is -0.468. The van der Waals surface area contributed by atoms with Crippen molar-refractivity contribution in [3.05, 3.63) is 10.1 Å². The first-order chi connectivity index (χ1) is 7.06. The Labute approximate surface area is 86.1 Å². The number of methoxy groups -OCH3 is 1. The number of ether oxygens (including phenoxy) is 1. The Morgan fingerprint density at radius 1 is 1.60 bits per heavy atom. The molecule has 1 rings (SSSR count). The summed E-state index contributed by atoms with van der Waals surface area (Å²) in [7, 11) is 1.23. The fraction of sp³-hybridized carbons (Fsp3) is 0.750. The van der Waals surface area contributed by atoms with Gasteiger partial charge in [0.2, 0.25) is 0 Å². The molecule has 1 saturated heterocycles.